The summed E-state index contributed by atoms with van der Waals surface area (Å²) < 4.78 is 5.67. The molecule has 1 unspecified atom stereocenters. The number of benzene rings is 2. The Morgan fingerprint density at radius 2 is 1.81 bits per heavy atom. The van der Waals surface area contributed by atoms with Crippen molar-refractivity contribution in [2.75, 3.05) is 24.7 Å². The number of carbonyl (C=O) groups is 1. The average molecular weight is 384 g/mol. The van der Waals surface area contributed by atoms with E-state index >= 15 is 0 Å². The summed E-state index contributed by atoms with van der Waals surface area (Å²) in [6.45, 7) is 0.395. The monoisotopic (exact) mass is 383 g/mol. The molecule has 1 aliphatic carbocycles. The number of thioether (sulfide) groups is 1. The lowest BCUT2D eigenvalue weighted by molar-refractivity contribution is 0.123. The smallest absolute Gasteiger partial charge is 0.407 e. The van der Waals surface area contributed by atoms with Crippen molar-refractivity contribution in [2.24, 2.45) is 0 Å². The number of ether oxygens (including phenoxy) is 1. The Hall–Kier alpha value is -1.98. The fourth-order valence-electron chi connectivity index (χ4n) is 4.28. The quantitative estimate of drug-likeness (QED) is 0.813. The molecule has 1 heterocycles. The molecule has 0 spiro atoms. The number of carbonyl (C=O) groups excluding carboxylic acids is 1. The molecule has 5 heteroatoms. The first-order valence-electron chi connectivity index (χ1n) is 9.54. The number of fused-ring (bicyclic) bond motifs is 3. The van der Waals surface area contributed by atoms with E-state index in [1.165, 1.54) is 22.3 Å². The van der Waals surface area contributed by atoms with Gasteiger partial charge in [-0.05, 0) is 47.3 Å². The fourth-order valence-corrected chi connectivity index (χ4v) is 5.52. The van der Waals surface area contributed by atoms with Crippen LogP contribution in [0.5, 0.6) is 0 Å². The van der Waals surface area contributed by atoms with Gasteiger partial charge in [0.15, 0.2) is 0 Å². The Labute approximate surface area is 164 Å². The molecule has 1 atom stereocenters. The second-order valence-corrected chi connectivity index (χ2v) is 8.47. The molecule has 0 bridgehead atoms. The summed E-state index contributed by atoms with van der Waals surface area (Å²) >= 11 is 1.83. The maximum Gasteiger partial charge on any atom is 0.407 e. The molecule has 4 rings (SSSR count). The Balaban J connectivity index is 1.46. The van der Waals surface area contributed by atoms with E-state index in [4.69, 9.17) is 4.74 Å². The van der Waals surface area contributed by atoms with Crippen molar-refractivity contribution in [1.82, 2.24) is 5.32 Å². The topological polar surface area (TPSA) is 58.6 Å². The molecule has 2 aromatic rings. The van der Waals surface area contributed by atoms with E-state index in [-0.39, 0.29) is 24.2 Å². The molecular weight excluding hydrogens is 358 g/mol. The second kappa shape index (κ2) is 7.95. The summed E-state index contributed by atoms with van der Waals surface area (Å²) in [5.74, 6) is 2.01. The maximum absolute atomic E-state index is 12.5. The van der Waals surface area contributed by atoms with Crippen molar-refractivity contribution < 1.29 is 14.6 Å². The van der Waals surface area contributed by atoms with Gasteiger partial charge in [-0.1, -0.05) is 48.5 Å². The van der Waals surface area contributed by atoms with E-state index < -0.39 is 0 Å². The SMILES string of the molecule is O=C(NC1(CCO)CCCSC1)OCC1c2ccccc2-c2ccccc21. The number of hydrogen-bond acceptors (Lipinski definition) is 4. The number of rotatable bonds is 5. The largest absolute Gasteiger partial charge is 0.449 e. The molecule has 1 aliphatic heterocycles. The Kier molecular flexibility index (Phi) is 5.41. The normalized spacial score (nSPS) is 21.4. The van der Waals surface area contributed by atoms with Crippen LogP contribution in [-0.4, -0.2) is 41.5 Å². The lowest BCUT2D eigenvalue weighted by Gasteiger charge is -2.37. The van der Waals surface area contributed by atoms with Gasteiger partial charge in [-0.25, -0.2) is 4.79 Å². The van der Waals surface area contributed by atoms with Gasteiger partial charge in [0.25, 0.3) is 0 Å². The van der Waals surface area contributed by atoms with Crippen LogP contribution in [0.1, 0.15) is 36.3 Å². The molecule has 1 amide bonds. The van der Waals surface area contributed by atoms with Gasteiger partial charge >= 0.3 is 6.09 Å². The molecule has 2 N–H and O–H groups in total. The maximum atomic E-state index is 12.5. The first kappa shape index (κ1) is 18.4. The van der Waals surface area contributed by atoms with Crippen LogP contribution >= 0.6 is 11.8 Å². The van der Waals surface area contributed by atoms with E-state index in [1.807, 2.05) is 36.0 Å². The zero-order chi connectivity index (χ0) is 18.7. The van der Waals surface area contributed by atoms with Gasteiger partial charge in [-0.2, -0.15) is 11.8 Å². The predicted octanol–water partition coefficient (Wildman–Crippen LogP) is 4.17. The third-order valence-electron chi connectivity index (χ3n) is 5.62. The third-order valence-corrected chi connectivity index (χ3v) is 6.96. The van der Waals surface area contributed by atoms with E-state index in [2.05, 4.69) is 29.6 Å². The molecule has 0 saturated carbocycles. The van der Waals surface area contributed by atoms with Gasteiger partial charge in [-0.3, -0.25) is 0 Å². The molecule has 0 aromatic heterocycles. The Morgan fingerprint density at radius 3 is 2.41 bits per heavy atom. The highest BCUT2D eigenvalue weighted by Crippen LogP contribution is 2.44. The lowest BCUT2D eigenvalue weighted by Crippen LogP contribution is -2.53. The highest BCUT2D eigenvalue weighted by Gasteiger charge is 2.35. The lowest BCUT2D eigenvalue weighted by atomic mass is 9.92. The number of amides is 1. The average Bonchev–Trinajstić information content (AvgIpc) is 3.01. The van der Waals surface area contributed by atoms with Gasteiger partial charge in [0.2, 0.25) is 0 Å². The predicted molar refractivity (Wildman–Crippen MR) is 109 cm³/mol. The first-order valence-corrected chi connectivity index (χ1v) is 10.7. The van der Waals surface area contributed by atoms with Crippen molar-refractivity contribution in [2.45, 2.75) is 30.7 Å². The molecule has 1 saturated heterocycles. The summed E-state index contributed by atoms with van der Waals surface area (Å²) in [4.78, 5) is 12.5. The van der Waals surface area contributed by atoms with Gasteiger partial charge < -0.3 is 15.2 Å². The van der Waals surface area contributed by atoms with Crippen molar-refractivity contribution in [3.63, 3.8) is 0 Å². The summed E-state index contributed by atoms with van der Waals surface area (Å²) in [5.41, 5.74) is 4.53. The van der Waals surface area contributed by atoms with E-state index in [0.717, 1.165) is 24.3 Å². The van der Waals surface area contributed by atoms with Gasteiger partial charge in [0, 0.05) is 18.3 Å². The minimum absolute atomic E-state index is 0.0673. The van der Waals surface area contributed by atoms with Crippen LogP contribution in [-0.2, 0) is 4.74 Å². The van der Waals surface area contributed by atoms with Crippen LogP contribution in [0.3, 0.4) is 0 Å². The highest BCUT2D eigenvalue weighted by atomic mass is 32.2. The molecular formula is C22H25NO3S. The molecule has 1 fully saturated rings. The van der Waals surface area contributed by atoms with Gasteiger partial charge in [0.1, 0.15) is 6.61 Å². The zero-order valence-electron chi connectivity index (χ0n) is 15.3. The number of nitrogens with one attached hydrogen (secondary N) is 1. The van der Waals surface area contributed by atoms with Crippen LogP contribution < -0.4 is 5.32 Å². The minimum Gasteiger partial charge on any atom is -0.449 e. The molecule has 2 aromatic carbocycles. The van der Waals surface area contributed by atoms with Crippen molar-refractivity contribution in [1.29, 1.82) is 0 Å². The number of hydrogen-bond donors (Lipinski definition) is 2. The summed E-state index contributed by atoms with van der Waals surface area (Å²) in [5, 5.41) is 12.5. The fraction of sp³-hybridized carbons (Fsp3) is 0.409. The summed E-state index contributed by atoms with van der Waals surface area (Å²) in [6, 6.07) is 16.7. The first-order chi connectivity index (χ1) is 13.2. The van der Waals surface area contributed by atoms with Crippen LogP contribution in [0.15, 0.2) is 48.5 Å². The van der Waals surface area contributed by atoms with Crippen molar-refractivity contribution in [3.05, 3.63) is 59.7 Å². The van der Waals surface area contributed by atoms with E-state index in [1.54, 1.807) is 0 Å². The van der Waals surface area contributed by atoms with Gasteiger partial charge in [0.05, 0.1) is 5.54 Å². The molecule has 2 aliphatic rings. The van der Waals surface area contributed by atoms with Crippen LogP contribution in [0.25, 0.3) is 11.1 Å². The number of alkyl carbamates (subject to hydrolysis) is 1. The molecule has 27 heavy (non-hydrogen) atoms. The van der Waals surface area contributed by atoms with Crippen LogP contribution in [0, 0.1) is 0 Å². The third kappa shape index (κ3) is 3.71. The van der Waals surface area contributed by atoms with E-state index in [9.17, 15) is 9.90 Å². The van der Waals surface area contributed by atoms with Crippen molar-refractivity contribution in [3.8, 4) is 11.1 Å². The minimum atomic E-state index is -0.382. The molecule has 0 radical (unpaired) electrons. The number of aliphatic hydroxyl groups excluding tert-OH is 1. The van der Waals surface area contributed by atoms with Crippen LogP contribution in [0.4, 0.5) is 4.79 Å². The van der Waals surface area contributed by atoms with Gasteiger partial charge in [-0.15, -0.1) is 0 Å². The standard InChI is InChI=1S/C22H25NO3S/c24-12-11-22(10-5-13-27-15-22)23-21(25)26-14-20-18-8-3-1-6-16(18)17-7-2-4-9-19(17)20/h1-4,6-9,20,24H,5,10-15H2,(H,23,25). The second-order valence-electron chi connectivity index (χ2n) is 7.36. The Bertz CT molecular complexity index is 766. The highest BCUT2D eigenvalue weighted by molar-refractivity contribution is 7.99. The summed E-state index contributed by atoms with van der Waals surface area (Å²) in [7, 11) is 0. The zero-order valence-corrected chi connectivity index (χ0v) is 16.1. The molecule has 4 nitrogen and oxygen atoms in total. The number of aliphatic hydroxyl groups is 1. The molecule has 142 valence electrons. The van der Waals surface area contributed by atoms with Crippen molar-refractivity contribution >= 4 is 17.9 Å². The summed E-state index contributed by atoms with van der Waals surface area (Å²) in [6.07, 6.45) is 2.14. The Morgan fingerprint density at radius 1 is 1.15 bits per heavy atom. The van der Waals surface area contributed by atoms with Crippen LogP contribution in [0.2, 0.25) is 0 Å². The van der Waals surface area contributed by atoms with E-state index in [0.29, 0.717) is 13.0 Å².